The lowest BCUT2D eigenvalue weighted by atomic mass is 10.1. The zero-order valence-corrected chi connectivity index (χ0v) is 12.7. The van der Waals surface area contributed by atoms with Crippen LogP contribution in [0.3, 0.4) is 0 Å². The van der Waals surface area contributed by atoms with E-state index in [9.17, 15) is 4.79 Å². The first-order valence-corrected chi connectivity index (χ1v) is 7.07. The van der Waals surface area contributed by atoms with Crippen molar-refractivity contribution in [2.75, 3.05) is 0 Å². The fourth-order valence-electron chi connectivity index (χ4n) is 2.22. The van der Waals surface area contributed by atoms with Crippen LogP contribution >= 0.6 is 0 Å². The molecule has 1 amide bonds. The molecule has 0 aliphatic rings. The minimum atomic E-state index is -0.676. The van der Waals surface area contributed by atoms with Gasteiger partial charge in [-0.2, -0.15) is 5.10 Å². The molecule has 1 atom stereocenters. The second-order valence-electron chi connectivity index (χ2n) is 5.47. The third-order valence-corrected chi connectivity index (χ3v) is 3.45. The average molecular weight is 286 g/mol. The van der Waals surface area contributed by atoms with Crippen LogP contribution in [0.2, 0.25) is 0 Å². The number of aryl methyl sites for hydroxylation is 1. The molecule has 2 aromatic rings. The van der Waals surface area contributed by atoms with Gasteiger partial charge in [0.2, 0.25) is 5.91 Å². The van der Waals surface area contributed by atoms with E-state index < -0.39 is 6.04 Å². The molecule has 2 rings (SSSR count). The van der Waals surface area contributed by atoms with E-state index in [0.717, 1.165) is 11.1 Å². The highest BCUT2D eigenvalue weighted by molar-refractivity contribution is 5.83. The summed E-state index contributed by atoms with van der Waals surface area (Å²) in [5.74, 6) is -0.0816. The number of nitrogens with two attached hydrogens (primary N) is 1. The maximum Gasteiger partial charge on any atom is 0.244 e. The zero-order chi connectivity index (χ0) is 15.4. The van der Waals surface area contributed by atoms with Crippen LogP contribution < -0.4 is 5.73 Å². The number of rotatable bonds is 5. The Morgan fingerprint density at radius 1 is 1.33 bits per heavy atom. The van der Waals surface area contributed by atoms with Crippen molar-refractivity contribution in [3.63, 3.8) is 0 Å². The fourth-order valence-corrected chi connectivity index (χ4v) is 2.22. The van der Waals surface area contributed by atoms with Gasteiger partial charge in [-0.25, -0.2) is 0 Å². The van der Waals surface area contributed by atoms with Gasteiger partial charge < -0.3 is 10.6 Å². The van der Waals surface area contributed by atoms with E-state index in [1.165, 1.54) is 0 Å². The van der Waals surface area contributed by atoms with Crippen LogP contribution in [0.25, 0.3) is 0 Å². The molecular formula is C16H22N4O. The molecule has 0 bridgehead atoms. The first-order valence-electron chi connectivity index (χ1n) is 7.07. The number of nitrogens with zero attached hydrogens (tertiary/aromatic N) is 3. The standard InChI is InChI=1S/C16H22N4O/c1-12(2)20(10-13-7-5-4-6-8-13)16(21)15(17)14-9-18-19(3)11-14/h4-9,11-12,15H,10,17H2,1-3H3. The first kappa shape index (κ1) is 15.3. The van der Waals surface area contributed by atoms with E-state index >= 15 is 0 Å². The van der Waals surface area contributed by atoms with Crippen molar-refractivity contribution in [2.45, 2.75) is 32.5 Å². The number of carbonyl (C=O) groups excluding carboxylic acids is 1. The third kappa shape index (κ3) is 3.70. The van der Waals surface area contributed by atoms with E-state index in [1.807, 2.05) is 51.2 Å². The Bertz CT molecular complexity index is 591. The fraction of sp³-hybridized carbons (Fsp3) is 0.375. The van der Waals surface area contributed by atoms with Gasteiger partial charge in [-0.3, -0.25) is 9.48 Å². The molecule has 1 heterocycles. The number of hydrogen-bond acceptors (Lipinski definition) is 3. The lowest BCUT2D eigenvalue weighted by molar-refractivity contribution is -0.135. The molecule has 0 radical (unpaired) electrons. The Morgan fingerprint density at radius 2 is 2.00 bits per heavy atom. The van der Waals surface area contributed by atoms with Gasteiger partial charge in [-0.05, 0) is 19.4 Å². The summed E-state index contributed by atoms with van der Waals surface area (Å²) < 4.78 is 1.65. The molecule has 0 fully saturated rings. The SMILES string of the molecule is CC(C)N(Cc1ccccc1)C(=O)C(N)c1cnn(C)c1. The highest BCUT2D eigenvalue weighted by Gasteiger charge is 2.25. The van der Waals surface area contributed by atoms with Crippen LogP contribution in [0.1, 0.15) is 31.0 Å². The number of aromatic nitrogens is 2. The van der Waals surface area contributed by atoms with Crippen LogP contribution in [-0.4, -0.2) is 26.6 Å². The van der Waals surface area contributed by atoms with E-state index in [1.54, 1.807) is 22.0 Å². The Hall–Kier alpha value is -2.14. The Morgan fingerprint density at radius 3 is 2.52 bits per heavy atom. The minimum absolute atomic E-state index is 0.0816. The largest absolute Gasteiger partial charge is 0.334 e. The van der Waals surface area contributed by atoms with Gasteiger partial charge in [0.25, 0.3) is 0 Å². The summed E-state index contributed by atoms with van der Waals surface area (Å²) >= 11 is 0. The first-order chi connectivity index (χ1) is 9.99. The summed E-state index contributed by atoms with van der Waals surface area (Å²) in [6.07, 6.45) is 3.42. The van der Waals surface area contributed by atoms with Crippen molar-refractivity contribution in [1.29, 1.82) is 0 Å². The summed E-state index contributed by atoms with van der Waals surface area (Å²) in [4.78, 5) is 14.5. The molecule has 1 unspecified atom stereocenters. The van der Waals surface area contributed by atoms with Gasteiger partial charge in [-0.15, -0.1) is 0 Å². The van der Waals surface area contributed by atoms with Gasteiger partial charge >= 0.3 is 0 Å². The highest BCUT2D eigenvalue weighted by Crippen LogP contribution is 2.16. The molecule has 5 nitrogen and oxygen atoms in total. The van der Waals surface area contributed by atoms with Gasteiger partial charge in [0, 0.05) is 31.4 Å². The summed E-state index contributed by atoms with van der Waals surface area (Å²) in [5.41, 5.74) is 7.93. The minimum Gasteiger partial charge on any atom is -0.334 e. The van der Waals surface area contributed by atoms with Crippen molar-refractivity contribution in [1.82, 2.24) is 14.7 Å². The van der Waals surface area contributed by atoms with Crippen molar-refractivity contribution in [3.05, 3.63) is 53.9 Å². The predicted octanol–water partition coefficient (Wildman–Crippen LogP) is 1.86. The van der Waals surface area contributed by atoms with Gasteiger partial charge in [-0.1, -0.05) is 30.3 Å². The summed E-state index contributed by atoms with van der Waals surface area (Å²) in [7, 11) is 1.81. The Balaban J connectivity index is 2.16. The molecule has 0 spiro atoms. The molecular weight excluding hydrogens is 264 g/mol. The second kappa shape index (κ2) is 6.54. The normalized spacial score (nSPS) is 12.4. The lowest BCUT2D eigenvalue weighted by Crippen LogP contribution is -2.42. The van der Waals surface area contributed by atoms with Crippen LogP contribution in [0.4, 0.5) is 0 Å². The molecule has 0 aliphatic heterocycles. The van der Waals surface area contributed by atoms with Crippen LogP contribution in [-0.2, 0) is 18.4 Å². The van der Waals surface area contributed by atoms with Crippen molar-refractivity contribution < 1.29 is 4.79 Å². The molecule has 0 aliphatic carbocycles. The molecule has 2 N–H and O–H groups in total. The number of carbonyl (C=O) groups is 1. The van der Waals surface area contributed by atoms with Crippen LogP contribution in [0.15, 0.2) is 42.7 Å². The topological polar surface area (TPSA) is 64.2 Å². The van der Waals surface area contributed by atoms with Crippen LogP contribution in [0.5, 0.6) is 0 Å². The number of hydrogen-bond donors (Lipinski definition) is 1. The second-order valence-corrected chi connectivity index (χ2v) is 5.47. The van der Waals surface area contributed by atoms with Crippen molar-refractivity contribution >= 4 is 5.91 Å². The smallest absolute Gasteiger partial charge is 0.244 e. The van der Waals surface area contributed by atoms with E-state index in [2.05, 4.69) is 5.10 Å². The molecule has 5 heteroatoms. The quantitative estimate of drug-likeness (QED) is 0.912. The van der Waals surface area contributed by atoms with E-state index in [0.29, 0.717) is 6.54 Å². The van der Waals surface area contributed by atoms with Crippen molar-refractivity contribution in [3.8, 4) is 0 Å². The van der Waals surface area contributed by atoms with Crippen molar-refractivity contribution in [2.24, 2.45) is 12.8 Å². The third-order valence-electron chi connectivity index (χ3n) is 3.45. The van der Waals surface area contributed by atoms with Gasteiger partial charge in [0.05, 0.1) is 6.20 Å². The molecule has 21 heavy (non-hydrogen) atoms. The lowest BCUT2D eigenvalue weighted by Gasteiger charge is -2.29. The molecule has 1 aromatic carbocycles. The van der Waals surface area contributed by atoms with E-state index in [4.69, 9.17) is 5.73 Å². The Labute approximate surface area is 125 Å². The summed E-state index contributed by atoms with van der Waals surface area (Å²) in [6.45, 7) is 4.55. The van der Waals surface area contributed by atoms with Gasteiger partial charge in [0.15, 0.2) is 0 Å². The predicted molar refractivity (Wildman–Crippen MR) is 82.3 cm³/mol. The molecule has 1 aromatic heterocycles. The van der Waals surface area contributed by atoms with E-state index in [-0.39, 0.29) is 11.9 Å². The molecule has 0 saturated carbocycles. The van der Waals surface area contributed by atoms with Gasteiger partial charge in [0.1, 0.15) is 6.04 Å². The van der Waals surface area contributed by atoms with Crippen LogP contribution in [0, 0.1) is 0 Å². The summed E-state index contributed by atoms with van der Waals surface area (Å²) in [5, 5.41) is 4.07. The monoisotopic (exact) mass is 286 g/mol. The maximum atomic E-state index is 12.7. The average Bonchev–Trinajstić information content (AvgIpc) is 2.90. The Kier molecular flexibility index (Phi) is 4.75. The number of benzene rings is 1. The zero-order valence-electron chi connectivity index (χ0n) is 12.7. The molecule has 0 saturated heterocycles. The highest BCUT2D eigenvalue weighted by atomic mass is 16.2. The maximum absolute atomic E-state index is 12.7. The summed E-state index contributed by atoms with van der Waals surface area (Å²) in [6, 6.07) is 9.34. The number of amides is 1. The molecule has 112 valence electrons.